The van der Waals surface area contributed by atoms with E-state index in [1.165, 1.54) is 12.1 Å². The van der Waals surface area contributed by atoms with Crippen LogP contribution < -0.4 is 9.47 Å². The van der Waals surface area contributed by atoms with Crippen molar-refractivity contribution in [3.05, 3.63) is 57.8 Å². The van der Waals surface area contributed by atoms with E-state index >= 15 is 0 Å². The second-order valence-corrected chi connectivity index (χ2v) is 5.79. The fourth-order valence-corrected chi connectivity index (χ4v) is 2.63. The molecule has 0 amide bonds. The lowest BCUT2D eigenvalue weighted by atomic mass is 10.2. The lowest BCUT2D eigenvalue weighted by Crippen LogP contribution is -2.01. The molecular formula is C16H15Br2FO2. The third-order valence-electron chi connectivity index (χ3n) is 2.86. The van der Waals surface area contributed by atoms with E-state index in [4.69, 9.17) is 9.47 Å². The molecule has 2 rings (SSSR count). The number of hydrogen-bond acceptors (Lipinski definition) is 2. The largest absolute Gasteiger partial charge is 0.490 e. The summed E-state index contributed by atoms with van der Waals surface area (Å²) in [5.74, 6) is 1.12. The molecular weight excluding hydrogens is 403 g/mol. The van der Waals surface area contributed by atoms with E-state index in [1.807, 2.05) is 25.1 Å². The van der Waals surface area contributed by atoms with Gasteiger partial charge in [-0.1, -0.05) is 44.0 Å². The Bertz CT molecular complexity index is 617. The molecule has 5 heteroatoms. The van der Waals surface area contributed by atoms with Gasteiger partial charge in [0.25, 0.3) is 0 Å². The van der Waals surface area contributed by atoms with Crippen LogP contribution in [-0.2, 0) is 11.9 Å². The van der Waals surface area contributed by atoms with Gasteiger partial charge in [-0.15, -0.1) is 0 Å². The Morgan fingerprint density at radius 3 is 2.52 bits per heavy atom. The van der Waals surface area contributed by atoms with Crippen molar-refractivity contribution in [2.24, 2.45) is 0 Å². The topological polar surface area (TPSA) is 18.5 Å². The number of rotatable bonds is 6. The highest BCUT2D eigenvalue weighted by Crippen LogP contribution is 2.30. The molecule has 0 bridgehead atoms. The monoisotopic (exact) mass is 416 g/mol. The van der Waals surface area contributed by atoms with Gasteiger partial charge < -0.3 is 9.47 Å². The molecule has 2 nitrogen and oxygen atoms in total. The predicted octanol–water partition coefficient (Wildman–Crippen LogP) is 5.46. The average molecular weight is 418 g/mol. The SMILES string of the molecule is CCOc1cc(CBr)ccc1OCc1ccc(F)cc1Br. The maximum atomic E-state index is 13.1. The van der Waals surface area contributed by atoms with Crippen LogP contribution in [0.25, 0.3) is 0 Å². The van der Waals surface area contributed by atoms with Crippen molar-refractivity contribution < 1.29 is 13.9 Å². The number of benzene rings is 2. The van der Waals surface area contributed by atoms with Crippen molar-refractivity contribution in [1.29, 1.82) is 0 Å². The van der Waals surface area contributed by atoms with Crippen LogP contribution in [0.5, 0.6) is 11.5 Å². The molecule has 0 saturated carbocycles. The summed E-state index contributed by atoms with van der Waals surface area (Å²) in [5.41, 5.74) is 2.00. The summed E-state index contributed by atoms with van der Waals surface area (Å²) in [6.07, 6.45) is 0. The molecule has 0 radical (unpaired) electrons. The fourth-order valence-electron chi connectivity index (χ4n) is 1.82. The third-order valence-corrected chi connectivity index (χ3v) is 4.25. The number of alkyl halides is 1. The number of hydrogen-bond donors (Lipinski definition) is 0. The summed E-state index contributed by atoms with van der Waals surface area (Å²) in [4.78, 5) is 0. The highest BCUT2D eigenvalue weighted by atomic mass is 79.9. The van der Waals surface area contributed by atoms with Crippen LogP contribution in [0.1, 0.15) is 18.1 Å². The van der Waals surface area contributed by atoms with Crippen LogP contribution in [0, 0.1) is 5.82 Å². The lowest BCUT2D eigenvalue weighted by Gasteiger charge is -2.13. The van der Waals surface area contributed by atoms with Crippen molar-refractivity contribution >= 4 is 31.9 Å². The van der Waals surface area contributed by atoms with E-state index in [9.17, 15) is 4.39 Å². The van der Waals surface area contributed by atoms with Gasteiger partial charge in [-0.2, -0.15) is 0 Å². The van der Waals surface area contributed by atoms with E-state index in [-0.39, 0.29) is 5.82 Å². The van der Waals surface area contributed by atoms with Crippen molar-refractivity contribution in [3.8, 4) is 11.5 Å². The molecule has 0 spiro atoms. The van der Waals surface area contributed by atoms with E-state index in [0.29, 0.717) is 29.2 Å². The minimum atomic E-state index is -0.276. The van der Waals surface area contributed by atoms with Gasteiger partial charge >= 0.3 is 0 Å². The molecule has 112 valence electrons. The van der Waals surface area contributed by atoms with Crippen LogP contribution in [0.2, 0.25) is 0 Å². The maximum Gasteiger partial charge on any atom is 0.161 e. The molecule has 2 aromatic carbocycles. The molecule has 0 unspecified atom stereocenters. The first-order chi connectivity index (χ1) is 10.1. The lowest BCUT2D eigenvalue weighted by molar-refractivity contribution is 0.268. The standard InChI is InChI=1S/C16H15Br2FO2/c1-2-20-16-7-11(9-17)3-6-15(16)21-10-12-4-5-13(19)8-14(12)18/h3-8H,2,9-10H2,1H3. The zero-order valence-corrected chi connectivity index (χ0v) is 14.7. The second-order valence-electron chi connectivity index (χ2n) is 4.37. The van der Waals surface area contributed by atoms with Gasteiger partial charge in [0.05, 0.1) is 6.61 Å². The Hall–Kier alpha value is -1.07. The predicted molar refractivity (Wildman–Crippen MR) is 88.7 cm³/mol. The molecule has 0 aromatic heterocycles. The number of ether oxygens (including phenoxy) is 2. The molecule has 0 aliphatic rings. The summed E-state index contributed by atoms with van der Waals surface area (Å²) < 4.78 is 25.2. The van der Waals surface area contributed by atoms with Crippen molar-refractivity contribution in [2.45, 2.75) is 18.9 Å². The Labute approximate surface area is 140 Å². The van der Waals surface area contributed by atoms with Gasteiger partial charge in [0.15, 0.2) is 11.5 Å². The van der Waals surface area contributed by atoms with Gasteiger partial charge in [-0.05, 0) is 36.8 Å². The minimum Gasteiger partial charge on any atom is -0.490 e. The normalized spacial score (nSPS) is 10.5. The smallest absolute Gasteiger partial charge is 0.161 e. The first-order valence-electron chi connectivity index (χ1n) is 6.52. The van der Waals surface area contributed by atoms with Crippen molar-refractivity contribution in [2.75, 3.05) is 6.61 Å². The van der Waals surface area contributed by atoms with Crippen LogP contribution in [0.15, 0.2) is 40.9 Å². The Balaban J connectivity index is 2.15. The summed E-state index contributed by atoms with van der Waals surface area (Å²) in [6, 6.07) is 10.4. The summed E-state index contributed by atoms with van der Waals surface area (Å²) in [5, 5.41) is 0.761. The molecule has 0 atom stereocenters. The fraction of sp³-hybridized carbons (Fsp3) is 0.250. The van der Waals surface area contributed by atoms with E-state index in [2.05, 4.69) is 31.9 Å². The molecule has 0 N–H and O–H groups in total. The van der Waals surface area contributed by atoms with Crippen LogP contribution >= 0.6 is 31.9 Å². The second kappa shape index (κ2) is 7.80. The van der Waals surface area contributed by atoms with E-state index < -0.39 is 0 Å². The molecule has 0 heterocycles. The van der Waals surface area contributed by atoms with Crippen LogP contribution in [0.4, 0.5) is 4.39 Å². The van der Waals surface area contributed by atoms with Gasteiger partial charge in [0.2, 0.25) is 0 Å². The van der Waals surface area contributed by atoms with E-state index in [0.717, 1.165) is 16.5 Å². The quantitative estimate of drug-likeness (QED) is 0.581. The summed E-state index contributed by atoms with van der Waals surface area (Å²) >= 11 is 6.76. The first kappa shape index (κ1) is 16.3. The zero-order valence-electron chi connectivity index (χ0n) is 11.5. The van der Waals surface area contributed by atoms with Crippen molar-refractivity contribution in [3.63, 3.8) is 0 Å². The molecule has 0 fully saturated rings. The average Bonchev–Trinajstić information content (AvgIpc) is 2.47. The third kappa shape index (κ3) is 4.45. The molecule has 0 saturated heterocycles. The minimum absolute atomic E-state index is 0.276. The van der Waals surface area contributed by atoms with Crippen molar-refractivity contribution in [1.82, 2.24) is 0 Å². The Kier molecular flexibility index (Phi) is 6.06. The molecule has 21 heavy (non-hydrogen) atoms. The molecule has 2 aromatic rings. The first-order valence-corrected chi connectivity index (χ1v) is 8.44. The highest BCUT2D eigenvalue weighted by Gasteiger charge is 2.08. The van der Waals surface area contributed by atoms with E-state index in [1.54, 1.807) is 6.07 Å². The van der Waals surface area contributed by atoms with Gasteiger partial charge in [-0.25, -0.2) is 4.39 Å². The maximum absolute atomic E-state index is 13.1. The van der Waals surface area contributed by atoms with Gasteiger partial charge in [-0.3, -0.25) is 0 Å². The molecule has 0 aliphatic carbocycles. The van der Waals surface area contributed by atoms with Gasteiger partial charge in [0.1, 0.15) is 12.4 Å². The number of halogens is 3. The Morgan fingerprint density at radius 2 is 1.86 bits per heavy atom. The zero-order chi connectivity index (χ0) is 15.2. The highest BCUT2D eigenvalue weighted by molar-refractivity contribution is 9.10. The van der Waals surface area contributed by atoms with Gasteiger partial charge in [0, 0.05) is 15.4 Å². The summed E-state index contributed by atoms with van der Waals surface area (Å²) in [6.45, 7) is 2.85. The summed E-state index contributed by atoms with van der Waals surface area (Å²) in [7, 11) is 0. The van der Waals surface area contributed by atoms with Crippen LogP contribution in [0.3, 0.4) is 0 Å². The molecule has 0 aliphatic heterocycles. The Morgan fingerprint density at radius 1 is 1.05 bits per heavy atom. The van der Waals surface area contributed by atoms with Crippen LogP contribution in [-0.4, -0.2) is 6.61 Å².